The molecular weight excluding hydrogens is 408 g/mol. The van der Waals surface area contributed by atoms with Gasteiger partial charge < -0.3 is 5.11 Å². The van der Waals surface area contributed by atoms with Gasteiger partial charge in [0.15, 0.2) is 0 Å². The molecule has 1 N–H and O–H groups in total. The molecule has 0 unspecified atom stereocenters. The highest BCUT2D eigenvalue weighted by molar-refractivity contribution is 7.89. The largest absolute Gasteiger partial charge is 0.395 e. The summed E-state index contributed by atoms with van der Waals surface area (Å²) in [5.41, 5.74) is 2.37. The van der Waals surface area contributed by atoms with E-state index >= 15 is 0 Å². The van der Waals surface area contributed by atoms with Crippen LogP contribution in [0.4, 0.5) is 0 Å². The molecule has 6 heteroatoms. The quantitative estimate of drug-likeness (QED) is 0.746. The minimum Gasteiger partial charge on any atom is -0.395 e. The van der Waals surface area contributed by atoms with Crippen molar-refractivity contribution in [3.05, 3.63) is 65.2 Å². The first-order valence-corrected chi connectivity index (χ1v) is 12.1. The lowest BCUT2D eigenvalue weighted by Crippen LogP contribution is -2.65. The van der Waals surface area contributed by atoms with Gasteiger partial charge in [-0.25, -0.2) is 8.42 Å². The average Bonchev–Trinajstić information content (AvgIpc) is 3.27. The van der Waals surface area contributed by atoms with Gasteiger partial charge in [-0.1, -0.05) is 55.0 Å². The predicted molar refractivity (Wildman–Crippen MR) is 118 cm³/mol. The number of aliphatic hydroxyl groups is 1. The molecule has 31 heavy (non-hydrogen) atoms. The van der Waals surface area contributed by atoms with Crippen LogP contribution in [0.5, 0.6) is 0 Å². The van der Waals surface area contributed by atoms with Crippen molar-refractivity contribution >= 4 is 10.0 Å². The van der Waals surface area contributed by atoms with Gasteiger partial charge >= 0.3 is 0 Å². The number of rotatable bonds is 4. The normalized spacial score (nSPS) is 24.1. The van der Waals surface area contributed by atoms with Crippen LogP contribution in [0.2, 0.25) is 0 Å². The number of aliphatic hydroxyl groups excluding tert-OH is 1. The van der Waals surface area contributed by atoms with Gasteiger partial charge in [0.1, 0.15) is 6.04 Å². The molecule has 0 amide bonds. The Labute approximate surface area is 184 Å². The number of nitrogens with zero attached hydrogens (tertiary/aromatic N) is 2. The Bertz CT molecular complexity index is 1150. The van der Waals surface area contributed by atoms with Crippen LogP contribution in [0.3, 0.4) is 0 Å². The molecule has 5 nitrogen and oxygen atoms in total. The summed E-state index contributed by atoms with van der Waals surface area (Å²) >= 11 is 0. The molecule has 1 saturated heterocycles. The molecule has 1 aliphatic heterocycles. The monoisotopic (exact) mass is 434 g/mol. The lowest BCUT2D eigenvalue weighted by Gasteiger charge is -2.50. The second-order valence-corrected chi connectivity index (χ2v) is 10.1. The van der Waals surface area contributed by atoms with Gasteiger partial charge in [-0.3, -0.25) is 0 Å². The van der Waals surface area contributed by atoms with Gasteiger partial charge in [0, 0.05) is 17.4 Å². The zero-order valence-corrected chi connectivity index (χ0v) is 18.3. The van der Waals surface area contributed by atoms with Gasteiger partial charge in [0.25, 0.3) is 0 Å². The lowest BCUT2D eigenvalue weighted by atomic mass is 9.78. The molecular formula is C25H26N2O3S. The fourth-order valence-electron chi connectivity index (χ4n) is 4.70. The topological polar surface area (TPSA) is 81.4 Å². The molecule has 2 fully saturated rings. The summed E-state index contributed by atoms with van der Waals surface area (Å²) < 4.78 is 27.7. The Morgan fingerprint density at radius 1 is 1.10 bits per heavy atom. The minimum absolute atomic E-state index is 0.171. The van der Waals surface area contributed by atoms with E-state index in [2.05, 4.69) is 17.9 Å². The Morgan fingerprint density at radius 2 is 1.77 bits per heavy atom. The molecule has 3 atom stereocenters. The fraction of sp³-hybridized carbons (Fsp3) is 0.400. The SMILES string of the molecule is Cc1ccccc1S(=O)(=O)N1[C@H](C#N)[C@H](c2ccc(C#CC3CCCC3)cc2)[C@@H]1CO. The third-order valence-corrected chi connectivity index (χ3v) is 8.46. The van der Waals surface area contributed by atoms with Crippen LogP contribution in [0.15, 0.2) is 53.4 Å². The second kappa shape index (κ2) is 8.85. The van der Waals surface area contributed by atoms with Gasteiger partial charge in [0.2, 0.25) is 10.0 Å². The number of nitriles is 1. The molecule has 0 aromatic heterocycles. The van der Waals surface area contributed by atoms with E-state index in [0.29, 0.717) is 11.5 Å². The van der Waals surface area contributed by atoms with E-state index in [-0.39, 0.29) is 17.4 Å². The molecule has 0 radical (unpaired) electrons. The lowest BCUT2D eigenvalue weighted by molar-refractivity contribution is 0.0556. The molecule has 160 valence electrons. The van der Waals surface area contributed by atoms with E-state index in [1.54, 1.807) is 31.2 Å². The van der Waals surface area contributed by atoms with Crippen molar-refractivity contribution in [2.45, 2.75) is 55.5 Å². The van der Waals surface area contributed by atoms with Gasteiger partial charge in [0.05, 0.1) is 23.6 Å². The molecule has 2 aromatic rings. The summed E-state index contributed by atoms with van der Waals surface area (Å²) in [6, 6.07) is 14.9. The van der Waals surface area contributed by atoms with Crippen LogP contribution in [0.25, 0.3) is 0 Å². The van der Waals surface area contributed by atoms with E-state index in [0.717, 1.165) is 15.4 Å². The highest BCUT2D eigenvalue weighted by atomic mass is 32.2. The molecule has 4 rings (SSSR count). The summed E-state index contributed by atoms with van der Waals surface area (Å²) in [5.74, 6) is 6.66. The average molecular weight is 435 g/mol. The summed E-state index contributed by atoms with van der Waals surface area (Å²) in [6.45, 7) is 1.38. The third-order valence-electron chi connectivity index (χ3n) is 6.40. The third kappa shape index (κ3) is 4.00. The van der Waals surface area contributed by atoms with Crippen molar-refractivity contribution in [3.8, 4) is 17.9 Å². The van der Waals surface area contributed by atoms with Gasteiger partial charge in [-0.2, -0.15) is 9.57 Å². The molecule has 2 aromatic carbocycles. The zero-order valence-electron chi connectivity index (χ0n) is 17.5. The summed E-state index contributed by atoms with van der Waals surface area (Å²) in [4.78, 5) is 0.171. The molecule has 1 saturated carbocycles. The molecule has 0 bridgehead atoms. The van der Waals surface area contributed by atoms with Crippen molar-refractivity contribution in [2.24, 2.45) is 5.92 Å². The number of hydrogen-bond acceptors (Lipinski definition) is 4. The summed E-state index contributed by atoms with van der Waals surface area (Å²) in [5, 5.41) is 19.8. The van der Waals surface area contributed by atoms with Crippen molar-refractivity contribution < 1.29 is 13.5 Å². The van der Waals surface area contributed by atoms with Crippen LogP contribution in [0.1, 0.15) is 48.3 Å². The summed E-state index contributed by atoms with van der Waals surface area (Å²) in [6.07, 6.45) is 4.83. The maximum Gasteiger partial charge on any atom is 0.244 e. The number of sulfonamides is 1. The van der Waals surface area contributed by atoms with Gasteiger partial charge in [-0.15, -0.1) is 0 Å². The van der Waals surface area contributed by atoms with Crippen LogP contribution in [-0.4, -0.2) is 36.5 Å². The minimum atomic E-state index is -3.89. The zero-order chi connectivity index (χ0) is 22.0. The molecule has 2 aliphatic rings. The van der Waals surface area contributed by atoms with Gasteiger partial charge in [-0.05, 0) is 49.1 Å². The smallest absolute Gasteiger partial charge is 0.244 e. The molecule has 0 spiro atoms. The number of aryl methyl sites for hydroxylation is 1. The maximum absolute atomic E-state index is 13.3. The van der Waals surface area contributed by atoms with E-state index in [1.165, 1.54) is 25.7 Å². The highest BCUT2D eigenvalue weighted by Gasteiger charge is 2.55. The number of hydrogen-bond donors (Lipinski definition) is 1. The van der Waals surface area contributed by atoms with Crippen LogP contribution in [0, 0.1) is 36.0 Å². The Morgan fingerprint density at radius 3 is 2.39 bits per heavy atom. The van der Waals surface area contributed by atoms with Crippen LogP contribution in [-0.2, 0) is 10.0 Å². The van der Waals surface area contributed by atoms with Crippen LogP contribution >= 0.6 is 0 Å². The van der Waals surface area contributed by atoms with E-state index in [9.17, 15) is 18.8 Å². The standard InChI is InChI=1S/C25H26N2O3S/c1-18-6-2-5-9-24(18)31(29,30)27-22(16-26)25(23(27)17-28)21-14-12-20(13-15-21)11-10-19-7-3-4-8-19/h2,5-6,9,12-15,19,22-23,25,28H,3-4,7-8,17H2,1H3/t22-,23+,25+/m1/s1. The Kier molecular flexibility index (Phi) is 6.16. The first-order valence-electron chi connectivity index (χ1n) is 10.7. The van der Waals surface area contributed by atoms with Crippen molar-refractivity contribution in [1.29, 1.82) is 5.26 Å². The summed E-state index contributed by atoms with van der Waals surface area (Å²) in [7, 11) is -3.89. The first-order chi connectivity index (χ1) is 15.0. The predicted octanol–water partition coefficient (Wildman–Crippen LogP) is 3.58. The van der Waals surface area contributed by atoms with E-state index in [1.807, 2.05) is 24.3 Å². The first kappa shape index (κ1) is 21.6. The Balaban J connectivity index is 1.58. The van der Waals surface area contributed by atoms with Crippen LogP contribution < -0.4 is 0 Å². The maximum atomic E-state index is 13.3. The highest BCUT2D eigenvalue weighted by Crippen LogP contribution is 2.44. The second-order valence-electron chi connectivity index (χ2n) is 8.32. The van der Waals surface area contributed by atoms with Crippen molar-refractivity contribution in [3.63, 3.8) is 0 Å². The number of benzene rings is 2. The van der Waals surface area contributed by atoms with E-state index < -0.39 is 22.1 Å². The molecule has 1 aliphatic carbocycles. The van der Waals surface area contributed by atoms with Crippen molar-refractivity contribution in [2.75, 3.05) is 6.61 Å². The van der Waals surface area contributed by atoms with E-state index in [4.69, 9.17) is 0 Å². The Hall–Kier alpha value is -2.64. The van der Waals surface area contributed by atoms with Crippen molar-refractivity contribution in [1.82, 2.24) is 4.31 Å². The molecule has 1 heterocycles. The fourth-order valence-corrected chi connectivity index (χ4v) is 6.68.